The molecule has 0 saturated heterocycles. The Morgan fingerprint density at radius 3 is 2.79 bits per heavy atom. The quantitative estimate of drug-likeness (QED) is 0.593. The van der Waals surface area contributed by atoms with Gasteiger partial charge in [-0.1, -0.05) is 6.07 Å². The van der Waals surface area contributed by atoms with E-state index in [2.05, 4.69) is 22.5 Å². The number of rotatable bonds is 4. The van der Waals surface area contributed by atoms with Crippen LogP contribution in [-0.2, 0) is 11.2 Å². The van der Waals surface area contributed by atoms with Gasteiger partial charge in [-0.15, -0.1) is 22.7 Å². The Kier molecular flexibility index (Phi) is 5.28. The zero-order valence-corrected chi connectivity index (χ0v) is 17.3. The summed E-state index contributed by atoms with van der Waals surface area (Å²) in [6, 6.07) is 9.37. The van der Waals surface area contributed by atoms with E-state index >= 15 is 0 Å². The molecule has 4 rings (SSSR count). The highest BCUT2D eigenvalue weighted by molar-refractivity contribution is 7.10. The first-order valence-corrected chi connectivity index (χ1v) is 10.9. The SMILES string of the molecule is CCOC(=O)c1ccc(C(=O)N2CCc3sccc3C2c2cccs2)nc1C. The van der Waals surface area contributed by atoms with Gasteiger partial charge in [0.05, 0.1) is 23.9 Å². The number of thiophene rings is 2. The van der Waals surface area contributed by atoms with Crippen LogP contribution < -0.4 is 0 Å². The molecule has 3 aromatic rings. The molecule has 5 nitrogen and oxygen atoms in total. The number of amides is 1. The number of aromatic nitrogens is 1. The van der Waals surface area contributed by atoms with Crippen molar-refractivity contribution >= 4 is 34.6 Å². The fourth-order valence-electron chi connectivity index (χ4n) is 3.54. The molecule has 0 radical (unpaired) electrons. The van der Waals surface area contributed by atoms with Crippen LogP contribution in [0.2, 0.25) is 0 Å². The third-order valence-corrected chi connectivity index (χ3v) is 6.76. The van der Waals surface area contributed by atoms with E-state index in [9.17, 15) is 9.59 Å². The summed E-state index contributed by atoms with van der Waals surface area (Å²) in [6.07, 6.45) is 0.848. The van der Waals surface area contributed by atoms with E-state index in [1.54, 1.807) is 48.7 Å². The van der Waals surface area contributed by atoms with Crippen molar-refractivity contribution in [1.29, 1.82) is 0 Å². The Morgan fingerprint density at radius 2 is 2.07 bits per heavy atom. The minimum Gasteiger partial charge on any atom is -0.462 e. The van der Waals surface area contributed by atoms with Crippen LogP contribution in [0.4, 0.5) is 0 Å². The molecule has 1 atom stereocenters. The molecule has 28 heavy (non-hydrogen) atoms. The van der Waals surface area contributed by atoms with Gasteiger partial charge in [0.2, 0.25) is 0 Å². The number of carbonyl (C=O) groups excluding carboxylic acids is 2. The summed E-state index contributed by atoms with van der Waals surface area (Å²) < 4.78 is 5.05. The number of ether oxygens (including phenoxy) is 1. The van der Waals surface area contributed by atoms with Gasteiger partial charge in [-0.2, -0.15) is 0 Å². The first-order valence-electron chi connectivity index (χ1n) is 9.15. The van der Waals surface area contributed by atoms with Crippen LogP contribution in [-0.4, -0.2) is 34.9 Å². The number of esters is 1. The van der Waals surface area contributed by atoms with Crippen molar-refractivity contribution in [1.82, 2.24) is 9.88 Å². The van der Waals surface area contributed by atoms with Crippen molar-refractivity contribution in [2.75, 3.05) is 13.2 Å². The molecule has 4 heterocycles. The molecule has 0 fully saturated rings. The summed E-state index contributed by atoms with van der Waals surface area (Å²) in [5.41, 5.74) is 2.45. The maximum Gasteiger partial charge on any atom is 0.339 e. The molecule has 0 saturated carbocycles. The minimum absolute atomic E-state index is 0.0886. The first kappa shape index (κ1) is 18.8. The van der Waals surface area contributed by atoms with Gasteiger partial charge in [-0.25, -0.2) is 9.78 Å². The zero-order valence-electron chi connectivity index (χ0n) is 15.7. The monoisotopic (exact) mass is 412 g/mol. The predicted molar refractivity (Wildman–Crippen MR) is 110 cm³/mol. The molecular weight excluding hydrogens is 392 g/mol. The Bertz CT molecular complexity index is 1010. The Hall–Kier alpha value is -2.51. The van der Waals surface area contributed by atoms with E-state index < -0.39 is 5.97 Å². The van der Waals surface area contributed by atoms with Crippen LogP contribution in [0.5, 0.6) is 0 Å². The van der Waals surface area contributed by atoms with Crippen molar-refractivity contribution in [2.24, 2.45) is 0 Å². The molecule has 0 bridgehead atoms. The summed E-state index contributed by atoms with van der Waals surface area (Å²) >= 11 is 3.40. The van der Waals surface area contributed by atoms with Crippen molar-refractivity contribution in [3.05, 3.63) is 73.4 Å². The molecule has 3 aromatic heterocycles. The van der Waals surface area contributed by atoms with E-state index in [0.29, 0.717) is 30.1 Å². The highest BCUT2D eigenvalue weighted by Crippen LogP contribution is 2.40. The summed E-state index contributed by atoms with van der Waals surface area (Å²) in [7, 11) is 0. The third-order valence-electron chi connectivity index (χ3n) is 4.84. The molecule has 144 valence electrons. The van der Waals surface area contributed by atoms with Crippen LogP contribution in [0.3, 0.4) is 0 Å². The molecule has 0 aliphatic carbocycles. The van der Waals surface area contributed by atoms with Crippen molar-refractivity contribution in [3.8, 4) is 0 Å². The number of nitrogens with zero attached hydrogens (tertiary/aromatic N) is 2. The van der Waals surface area contributed by atoms with Crippen LogP contribution in [0.25, 0.3) is 0 Å². The minimum atomic E-state index is -0.413. The Balaban J connectivity index is 1.67. The van der Waals surface area contributed by atoms with Gasteiger partial charge in [0, 0.05) is 16.3 Å². The molecule has 0 spiro atoms. The zero-order chi connectivity index (χ0) is 19.7. The van der Waals surface area contributed by atoms with Crippen LogP contribution in [0, 0.1) is 6.92 Å². The maximum atomic E-state index is 13.4. The van der Waals surface area contributed by atoms with E-state index in [4.69, 9.17) is 4.74 Å². The third kappa shape index (κ3) is 3.36. The van der Waals surface area contributed by atoms with Crippen LogP contribution >= 0.6 is 22.7 Å². The highest BCUT2D eigenvalue weighted by atomic mass is 32.1. The van der Waals surface area contributed by atoms with Crippen LogP contribution in [0.1, 0.15) is 54.8 Å². The second-order valence-corrected chi connectivity index (χ2v) is 8.50. The molecular formula is C21H20N2O3S2. The predicted octanol–water partition coefficient (Wildman–Crippen LogP) is 4.48. The standard InChI is InChI=1S/C21H20N2O3S2/c1-3-26-21(25)14-6-7-16(22-13(14)2)20(24)23-10-8-17-15(9-12-28-17)19(23)18-5-4-11-27-18/h4-7,9,11-12,19H,3,8,10H2,1-2H3. The molecule has 0 aromatic carbocycles. The van der Waals surface area contributed by atoms with Crippen LogP contribution in [0.15, 0.2) is 41.1 Å². The van der Waals surface area contributed by atoms with Gasteiger partial charge in [0.15, 0.2) is 0 Å². The number of hydrogen-bond acceptors (Lipinski definition) is 6. The lowest BCUT2D eigenvalue weighted by Gasteiger charge is -2.35. The summed E-state index contributed by atoms with van der Waals surface area (Å²) in [6.45, 7) is 4.44. The molecule has 1 unspecified atom stereocenters. The molecule has 1 aliphatic heterocycles. The van der Waals surface area contributed by atoms with Gasteiger partial charge in [0.1, 0.15) is 5.69 Å². The highest BCUT2D eigenvalue weighted by Gasteiger charge is 2.34. The average molecular weight is 413 g/mol. The van der Waals surface area contributed by atoms with E-state index in [0.717, 1.165) is 11.3 Å². The Morgan fingerprint density at radius 1 is 1.21 bits per heavy atom. The Labute approximate surface area is 171 Å². The normalized spacial score (nSPS) is 15.9. The number of carbonyl (C=O) groups is 2. The van der Waals surface area contributed by atoms with E-state index in [1.165, 1.54) is 10.4 Å². The maximum absolute atomic E-state index is 13.4. The molecule has 7 heteroatoms. The van der Waals surface area contributed by atoms with Gasteiger partial charge in [0.25, 0.3) is 5.91 Å². The lowest BCUT2D eigenvalue weighted by molar-refractivity contribution is 0.0523. The number of pyridine rings is 1. The first-order chi connectivity index (χ1) is 13.6. The second kappa shape index (κ2) is 7.85. The topological polar surface area (TPSA) is 59.5 Å². The van der Waals surface area contributed by atoms with Gasteiger partial charge in [-0.3, -0.25) is 4.79 Å². The largest absolute Gasteiger partial charge is 0.462 e. The molecule has 1 aliphatic rings. The smallest absolute Gasteiger partial charge is 0.339 e. The number of aryl methyl sites for hydroxylation is 1. The summed E-state index contributed by atoms with van der Waals surface area (Å²) in [5, 5.41) is 4.13. The molecule has 1 amide bonds. The number of fused-ring (bicyclic) bond motifs is 1. The van der Waals surface area contributed by atoms with Crippen molar-refractivity contribution < 1.29 is 14.3 Å². The lowest BCUT2D eigenvalue weighted by Crippen LogP contribution is -2.40. The fourth-order valence-corrected chi connectivity index (χ4v) is 5.30. The second-order valence-electron chi connectivity index (χ2n) is 6.52. The lowest BCUT2D eigenvalue weighted by atomic mass is 9.98. The van der Waals surface area contributed by atoms with Gasteiger partial charge >= 0.3 is 5.97 Å². The average Bonchev–Trinajstić information content (AvgIpc) is 3.38. The number of hydrogen-bond donors (Lipinski definition) is 0. The van der Waals surface area contributed by atoms with Crippen molar-refractivity contribution in [3.63, 3.8) is 0 Å². The van der Waals surface area contributed by atoms with E-state index in [-0.39, 0.29) is 11.9 Å². The molecule has 0 N–H and O–H groups in total. The van der Waals surface area contributed by atoms with Crippen molar-refractivity contribution in [2.45, 2.75) is 26.3 Å². The van der Waals surface area contributed by atoms with E-state index in [1.807, 2.05) is 16.3 Å². The van der Waals surface area contributed by atoms with Gasteiger partial charge < -0.3 is 9.64 Å². The summed E-state index contributed by atoms with van der Waals surface area (Å²) in [4.78, 5) is 34.2. The fraction of sp³-hybridized carbons (Fsp3) is 0.286. The van der Waals surface area contributed by atoms with Gasteiger partial charge in [-0.05, 0) is 60.9 Å². The summed E-state index contributed by atoms with van der Waals surface area (Å²) in [5.74, 6) is -0.530.